The molecule has 2 N–H and O–H groups in total. The lowest BCUT2D eigenvalue weighted by atomic mass is 10.1. The molecule has 1 aliphatic heterocycles. The third kappa shape index (κ3) is 6.33. The molecule has 1 aromatic heterocycles. The summed E-state index contributed by atoms with van der Waals surface area (Å²) in [5.74, 6) is 1.36. The van der Waals surface area contributed by atoms with Crippen molar-refractivity contribution in [1.29, 1.82) is 0 Å². The van der Waals surface area contributed by atoms with Gasteiger partial charge >= 0.3 is 0 Å². The van der Waals surface area contributed by atoms with Gasteiger partial charge in [0.25, 0.3) is 0 Å². The Labute approximate surface area is 160 Å². The molecule has 0 bridgehead atoms. The van der Waals surface area contributed by atoms with Crippen molar-refractivity contribution in [2.24, 2.45) is 10.9 Å². The Balaban J connectivity index is 1.30. The van der Waals surface area contributed by atoms with Crippen molar-refractivity contribution < 1.29 is 9.47 Å². The van der Waals surface area contributed by atoms with Crippen LogP contribution in [0, 0.1) is 5.92 Å². The first-order valence-electron chi connectivity index (χ1n) is 9.39. The van der Waals surface area contributed by atoms with E-state index >= 15 is 0 Å². The largest absolute Gasteiger partial charge is 0.381 e. The van der Waals surface area contributed by atoms with E-state index in [4.69, 9.17) is 9.47 Å². The van der Waals surface area contributed by atoms with E-state index in [0.29, 0.717) is 12.5 Å². The molecule has 3 rings (SSSR count). The van der Waals surface area contributed by atoms with E-state index in [-0.39, 0.29) is 0 Å². The van der Waals surface area contributed by atoms with Gasteiger partial charge in [-0.2, -0.15) is 5.10 Å². The lowest BCUT2D eigenvalue weighted by Gasteiger charge is -2.13. The number of nitrogens with zero attached hydrogens (tertiary/aromatic N) is 4. The molecule has 1 atom stereocenters. The van der Waals surface area contributed by atoms with E-state index in [1.807, 2.05) is 12.1 Å². The van der Waals surface area contributed by atoms with Gasteiger partial charge in [-0.25, -0.2) is 9.67 Å². The number of ether oxygens (including phenoxy) is 2. The molecule has 0 spiro atoms. The van der Waals surface area contributed by atoms with E-state index in [9.17, 15) is 0 Å². The maximum atomic E-state index is 5.71. The third-order valence-corrected chi connectivity index (χ3v) is 4.44. The molecule has 2 heterocycles. The van der Waals surface area contributed by atoms with Crippen LogP contribution in [0.3, 0.4) is 0 Å². The molecule has 1 saturated heterocycles. The lowest BCUT2D eigenvalue weighted by Crippen LogP contribution is -2.37. The molecule has 1 unspecified atom stereocenters. The minimum Gasteiger partial charge on any atom is -0.381 e. The first-order chi connectivity index (χ1) is 13.3. The van der Waals surface area contributed by atoms with Gasteiger partial charge in [0.1, 0.15) is 12.7 Å². The summed E-state index contributed by atoms with van der Waals surface area (Å²) in [5.41, 5.74) is 2.16. The number of rotatable bonds is 9. The molecule has 0 radical (unpaired) electrons. The van der Waals surface area contributed by atoms with Crippen LogP contribution in [0.15, 0.2) is 41.9 Å². The maximum absolute atomic E-state index is 5.71. The molecule has 1 fully saturated rings. The van der Waals surface area contributed by atoms with Crippen LogP contribution in [0.25, 0.3) is 5.69 Å². The number of aliphatic imine (C=N–C) groups is 1. The second kappa shape index (κ2) is 10.6. The van der Waals surface area contributed by atoms with Gasteiger partial charge in [-0.3, -0.25) is 4.99 Å². The second-order valence-corrected chi connectivity index (χ2v) is 6.52. The average molecular weight is 372 g/mol. The molecular formula is C19H28N6O2. The van der Waals surface area contributed by atoms with Crippen LogP contribution in [-0.4, -0.2) is 60.7 Å². The normalized spacial score (nSPS) is 17.2. The minimum atomic E-state index is 0.573. The van der Waals surface area contributed by atoms with E-state index in [0.717, 1.165) is 57.5 Å². The van der Waals surface area contributed by atoms with Gasteiger partial charge < -0.3 is 20.1 Å². The Kier molecular flexibility index (Phi) is 7.61. The van der Waals surface area contributed by atoms with Crippen molar-refractivity contribution in [3.63, 3.8) is 0 Å². The zero-order valence-electron chi connectivity index (χ0n) is 15.8. The van der Waals surface area contributed by atoms with Gasteiger partial charge in [0.2, 0.25) is 0 Å². The summed E-state index contributed by atoms with van der Waals surface area (Å²) in [4.78, 5) is 8.22. The Hall–Kier alpha value is -2.45. The molecule has 0 saturated carbocycles. The summed E-state index contributed by atoms with van der Waals surface area (Å²) in [5, 5.41) is 10.8. The van der Waals surface area contributed by atoms with E-state index in [1.165, 1.54) is 11.9 Å². The van der Waals surface area contributed by atoms with Gasteiger partial charge in [-0.1, -0.05) is 12.1 Å². The maximum Gasteiger partial charge on any atom is 0.191 e. The van der Waals surface area contributed by atoms with Crippen molar-refractivity contribution in [1.82, 2.24) is 25.4 Å². The van der Waals surface area contributed by atoms with Crippen LogP contribution in [0.5, 0.6) is 0 Å². The number of hydrogen-bond donors (Lipinski definition) is 2. The fourth-order valence-corrected chi connectivity index (χ4v) is 2.86. The first-order valence-corrected chi connectivity index (χ1v) is 9.39. The highest BCUT2D eigenvalue weighted by molar-refractivity contribution is 5.79. The Morgan fingerprint density at radius 1 is 1.33 bits per heavy atom. The SMILES string of the molecule is CN=C(NCCCOCC1CCOC1)NCc1ccc(-n2cncn2)cc1. The summed E-state index contributed by atoms with van der Waals surface area (Å²) >= 11 is 0. The molecule has 1 aliphatic rings. The number of hydrogen-bond acceptors (Lipinski definition) is 5. The highest BCUT2D eigenvalue weighted by Gasteiger charge is 2.15. The second-order valence-electron chi connectivity index (χ2n) is 6.52. The molecule has 0 aliphatic carbocycles. The van der Waals surface area contributed by atoms with Crippen molar-refractivity contribution in [2.45, 2.75) is 19.4 Å². The predicted molar refractivity (Wildman–Crippen MR) is 104 cm³/mol. The topological polar surface area (TPSA) is 85.6 Å². The number of benzene rings is 1. The fourth-order valence-electron chi connectivity index (χ4n) is 2.86. The summed E-state index contributed by atoms with van der Waals surface area (Å²) in [7, 11) is 1.78. The van der Waals surface area contributed by atoms with E-state index in [2.05, 4.69) is 37.8 Å². The summed E-state index contributed by atoms with van der Waals surface area (Å²) in [6.07, 6.45) is 5.28. The molecule has 2 aromatic rings. The van der Waals surface area contributed by atoms with Crippen LogP contribution in [-0.2, 0) is 16.0 Å². The van der Waals surface area contributed by atoms with Gasteiger partial charge in [0.05, 0.1) is 18.9 Å². The van der Waals surface area contributed by atoms with Crippen LogP contribution in [0.4, 0.5) is 0 Å². The standard InChI is InChI=1S/C19H28N6O2/c1-20-19(22-8-2-9-26-12-17-7-10-27-13-17)23-11-16-3-5-18(6-4-16)25-15-21-14-24-25/h3-6,14-15,17H,2,7-13H2,1H3,(H2,20,22,23). The zero-order chi connectivity index (χ0) is 18.7. The van der Waals surface area contributed by atoms with E-state index in [1.54, 1.807) is 18.1 Å². The molecule has 1 aromatic carbocycles. The number of nitrogens with one attached hydrogen (secondary N) is 2. The molecule has 27 heavy (non-hydrogen) atoms. The van der Waals surface area contributed by atoms with Crippen LogP contribution >= 0.6 is 0 Å². The van der Waals surface area contributed by atoms with Gasteiger partial charge in [-0.05, 0) is 30.5 Å². The van der Waals surface area contributed by atoms with Crippen molar-refractivity contribution in [3.05, 3.63) is 42.5 Å². The summed E-state index contributed by atoms with van der Waals surface area (Å²) in [6.45, 7) is 4.80. The summed E-state index contributed by atoms with van der Waals surface area (Å²) < 4.78 is 12.8. The van der Waals surface area contributed by atoms with Crippen LogP contribution in [0.1, 0.15) is 18.4 Å². The monoisotopic (exact) mass is 372 g/mol. The van der Waals surface area contributed by atoms with Crippen molar-refractivity contribution in [3.8, 4) is 5.69 Å². The lowest BCUT2D eigenvalue weighted by molar-refractivity contribution is 0.0888. The van der Waals surface area contributed by atoms with Crippen molar-refractivity contribution in [2.75, 3.05) is 40.0 Å². The smallest absolute Gasteiger partial charge is 0.191 e. The van der Waals surface area contributed by atoms with Gasteiger partial charge in [0.15, 0.2) is 5.96 Å². The first kappa shape index (κ1) is 19.3. The third-order valence-electron chi connectivity index (χ3n) is 4.44. The molecule has 0 amide bonds. The van der Waals surface area contributed by atoms with Gasteiger partial charge in [0, 0.05) is 39.3 Å². The molecule has 146 valence electrons. The molecule has 8 nitrogen and oxygen atoms in total. The van der Waals surface area contributed by atoms with Crippen molar-refractivity contribution >= 4 is 5.96 Å². The van der Waals surface area contributed by atoms with E-state index < -0.39 is 0 Å². The highest BCUT2D eigenvalue weighted by Crippen LogP contribution is 2.12. The Morgan fingerprint density at radius 3 is 2.93 bits per heavy atom. The quantitative estimate of drug-likeness (QED) is 0.393. The number of aromatic nitrogens is 3. The Bertz CT molecular complexity index is 681. The van der Waals surface area contributed by atoms with Gasteiger partial charge in [-0.15, -0.1) is 0 Å². The predicted octanol–water partition coefficient (Wildman–Crippen LogP) is 1.38. The Morgan fingerprint density at radius 2 is 2.22 bits per heavy atom. The molecule has 8 heteroatoms. The number of guanidine groups is 1. The van der Waals surface area contributed by atoms with Crippen LogP contribution < -0.4 is 10.6 Å². The zero-order valence-corrected chi connectivity index (χ0v) is 15.8. The molecular weight excluding hydrogens is 344 g/mol. The fraction of sp³-hybridized carbons (Fsp3) is 0.526. The average Bonchev–Trinajstić information content (AvgIpc) is 3.41. The minimum absolute atomic E-state index is 0.573. The van der Waals surface area contributed by atoms with Crippen LogP contribution in [0.2, 0.25) is 0 Å². The summed E-state index contributed by atoms with van der Waals surface area (Å²) in [6, 6.07) is 8.18. The highest BCUT2D eigenvalue weighted by atomic mass is 16.5.